The molecule has 2 heterocycles. The van der Waals surface area contributed by atoms with Gasteiger partial charge in [-0.25, -0.2) is 15.0 Å². The maximum absolute atomic E-state index is 5.67. The summed E-state index contributed by atoms with van der Waals surface area (Å²) in [5, 5.41) is 0. The first-order chi connectivity index (χ1) is 9.78. The number of aromatic amines is 1. The van der Waals surface area contributed by atoms with Gasteiger partial charge in [0, 0.05) is 20.1 Å². The van der Waals surface area contributed by atoms with Crippen molar-refractivity contribution >= 4 is 17.0 Å². The standard InChI is InChI=1S/C14H16N6/c1-20(7-11-4-2-3-10(5-11)6-15)14-12-13(17-8-16-12)18-9-19-14/h2-5,8-9H,6-7,15H2,1H3,(H,16,17,18,19). The summed E-state index contributed by atoms with van der Waals surface area (Å²) < 4.78 is 0. The van der Waals surface area contributed by atoms with Gasteiger partial charge in [0.05, 0.1) is 6.33 Å². The molecular formula is C14H16N6. The Labute approximate surface area is 116 Å². The van der Waals surface area contributed by atoms with Crippen LogP contribution in [0, 0.1) is 0 Å². The van der Waals surface area contributed by atoms with Crippen molar-refractivity contribution < 1.29 is 0 Å². The quantitative estimate of drug-likeness (QED) is 0.748. The van der Waals surface area contributed by atoms with Gasteiger partial charge in [0.1, 0.15) is 11.8 Å². The molecule has 0 spiro atoms. The Kier molecular flexibility index (Phi) is 3.30. The van der Waals surface area contributed by atoms with Crippen LogP contribution in [-0.4, -0.2) is 27.0 Å². The zero-order valence-corrected chi connectivity index (χ0v) is 11.2. The van der Waals surface area contributed by atoms with Crippen molar-refractivity contribution in [3.05, 3.63) is 48.0 Å². The molecule has 0 unspecified atom stereocenters. The first-order valence-corrected chi connectivity index (χ1v) is 6.41. The Bertz CT molecular complexity index is 720. The van der Waals surface area contributed by atoms with Gasteiger partial charge in [0.15, 0.2) is 11.5 Å². The predicted octanol–water partition coefficient (Wildman–Crippen LogP) is 1.45. The monoisotopic (exact) mass is 268 g/mol. The van der Waals surface area contributed by atoms with Crippen LogP contribution in [0.1, 0.15) is 11.1 Å². The number of fused-ring (bicyclic) bond motifs is 1. The molecule has 0 aliphatic rings. The number of aromatic nitrogens is 4. The van der Waals surface area contributed by atoms with Gasteiger partial charge < -0.3 is 15.6 Å². The second-order valence-corrected chi connectivity index (χ2v) is 4.68. The molecule has 0 atom stereocenters. The molecule has 3 aromatic rings. The highest BCUT2D eigenvalue weighted by atomic mass is 15.2. The lowest BCUT2D eigenvalue weighted by Gasteiger charge is -2.18. The molecule has 0 fully saturated rings. The average molecular weight is 268 g/mol. The highest BCUT2D eigenvalue weighted by molar-refractivity contribution is 5.82. The van der Waals surface area contributed by atoms with Crippen LogP contribution < -0.4 is 10.6 Å². The molecule has 0 saturated heterocycles. The molecule has 6 nitrogen and oxygen atoms in total. The molecule has 2 aromatic heterocycles. The Morgan fingerprint density at radius 3 is 2.90 bits per heavy atom. The van der Waals surface area contributed by atoms with Gasteiger partial charge in [-0.1, -0.05) is 24.3 Å². The van der Waals surface area contributed by atoms with Crippen LogP contribution in [0.5, 0.6) is 0 Å². The van der Waals surface area contributed by atoms with E-state index in [0.29, 0.717) is 12.2 Å². The number of rotatable bonds is 4. The predicted molar refractivity (Wildman–Crippen MR) is 78.1 cm³/mol. The van der Waals surface area contributed by atoms with Crippen molar-refractivity contribution in [2.75, 3.05) is 11.9 Å². The van der Waals surface area contributed by atoms with Crippen molar-refractivity contribution in [2.24, 2.45) is 5.73 Å². The number of nitrogens with one attached hydrogen (secondary N) is 1. The van der Waals surface area contributed by atoms with E-state index in [4.69, 9.17) is 5.73 Å². The van der Waals surface area contributed by atoms with E-state index in [1.807, 2.05) is 19.2 Å². The second kappa shape index (κ2) is 5.26. The van der Waals surface area contributed by atoms with Crippen LogP contribution in [0.15, 0.2) is 36.9 Å². The fraction of sp³-hybridized carbons (Fsp3) is 0.214. The van der Waals surface area contributed by atoms with E-state index >= 15 is 0 Å². The summed E-state index contributed by atoms with van der Waals surface area (Å²) in [7, 11) is 2.00. The number of hydrogen-bond donors (Lipinski definition) is 2. The minimum Gasteiger partial charge on any atom is -0.353 e. The maximum Gasteiger partial charge on any atom is 0.182 e. The average Bonchev–Trinajstić information content (AvgIpc) is 2.95. The molecule has 1 aromatic carbocycles. The molecule has 0 saturated carbocycles. The molecule has 3 rings (SSSR count). The Morgan fingerprint density at radius 1 is 1.20 bits per heavy atom. The summed E-state index contributed by atoms with van der Waals surface area (Å²) in [6, 6.07) is 8.25. The van der Waals surface area contributed by atoms with Gasteiger partial charge >= 0.3 is 0 Å². The Hall–Kier alpha value is -2.47. The van der Waals surface area contributed by atoms with Crippen LogP contribution in [0.2, 0.25) is 0 Å². The van der Waals surface area contributed by atoms with Gasteiger partial charge in [-0.05, 0) is 11.1 Å². The van der Waals surface area contributed by atoms with Crippen molar-refractivity contribution in [2.45, 2.75) is 13.1 Å². The zero-order valence-electron chi connectivity index (χ0n) is 11.2. The van der Waals surface area contributed by atoms with Gasteiger partial charge in [-0.2, -0.15) is 0 Å². The second-order valence-electron chi connectivity index (χ2n) is 4.68. The molecule has 0 bridgehead atoms. The third-order valence-electron chi connectivity index (χ3n) is 3.21. The van der Waals surface area contributed by atoms with Gasteiger partial charge in [0.25, 0.3) is 0 Å². The van der Waals surface area contributed by atoms with E-state index in [9.17, 15) is 0 Å². The summed E-state index contributed by atoms with van der Waals surface area (Å²) >= 11 is 0. The normalized spacial score (nSPS) is 10.9. The van der Waals surface area contributed by atoms with Gasteiger partial charge in [-0.3, -0.25) is 0 Å². The fourth-order valence-corrected chi connectivity index (χ4v) is 2.25. The van der Waals surface area contributed by atoms with Crippen LogP contribution in [0.4, 0.5) is 5.82 Å². The van der Waals surface area contributed by atoms with Crippen LogP contribution in [-0.2, 0) is 13.1 Å². The summed E-state index contributed by atoms with van der Waals surface area (Å²) in [6.45, 7) is 1.30. The molecule has 6 heteroatoms. The summed E-state index contributed by atoms with van der Waals surface area (Å²) in [4.78, 5) is 17.8. The summed E-state index contributed by atoms with van der Waals surface area (Å²) in [6.07, 6.45) is 3.16. The SMILES string of the molecule is CN(Cc1cccc(CN)c1)c1ncnc2nc[nH]c12. The lowest BCUT2D eigenvalue weighted by atomic mass is 10.1. The molecule has 102 valence electrons. The smallest absolute Gasteiger partial charge is 0.182 e. The molecule has 0 aliphatic heterocycles. The number of benzene rings is 1. The summed E-state index contributed by atoms with van der Waals surface area (Å²) in [5.41, 5.74) is 9.53. The highest BCUT2D eigenvalue weighted by Gasteiger charge is 2.10. The number of nitrogens with two attached hydrogens (primary N) is 1. The van der Waals surface area contributed by atoms with Crippen molar-refractivity contribution in [1.82, 2.24) is 19.9 Å². The first kappa shape index (κ1) is 12.6. The fourth-order valence-electron chi connectivity index (χ4n) is 2.25. The minimum absolute atomic E-state index is 0.551. The number of H-pyrrole nitrogens is 1. The minimum atomic E-state index is 0.551. The molecule has 0 amide bonds. The highest BCUT2D eigenvalue weighted by Crippen LogP contribution is 2.20. The van der Waals surface area contributed by atoms with E-state index in [1.165, 1.54) is 11.9 Å². The molecule has 0 aliphatic carbocycles. The Morgan fingerprint density at radius 2 is 2.05 bits per heavy atom. The maximum atomic E-state index is 5.67. The van der Waals surface area contributed by atoms with E-state index in [-0.39, 0.29) is 0 Å². The molecular weight excluding hydrogens is 252 g/mol. The zero-order chi connectivity index (χ0) is 13.9. The topological polar surface area (TPSA) is 83.7 Å². The Balaban J connectivity index is 1.88. The molecule has 3 N–H and O–H groups in total. The van der Waals surface area contributed by atoms with Gasteiger partial charge in [0.2, 0.25) is 0 Å². The lowest BCUT2D eigenvalue weighted by Crippen LogP contribution is -2.18. The van der Waals surface area contributed by atoms with E-state index in [2.05, 4.69) is 37.0 Å². The van der Waals surface area contributed by atoms with E-state index < -0.39 is 0 Å². The number of hydrogen-bond acceptors (Lipinski definition) is 5. The van der Waals surface area contributed by atoms with Crippen molar-refractivity contribution in [1.29, 1.82) is 0 Å². The lowest BCUT2D eigenvalue weighted by molar-refractivity contribution is 0.894. The van der Waals surface area contributed by atoms with Crippen molar-refractivity contribution in [3.8, 4) is 0 Å². The largest absolute Gasteiger partial charge is 0.353 e. The van der Waals surface area contributed by atoms with Crippen molar-refractivity contribution in [3.63, 3.8) is 0 Å². The molecule has 0 radical (unpaired) electrons. The summed E-state index contributed by atoms with van der Waals surface area (Å²) in [5.74, 6) is 0.839. The number of nitrogens with zero attached hydrogens (tertiary/aromatic N) is 4. The number of imidazole rings is 1. The first-order valence-electron chi connectivity index (χ1n) is 6.41. The van der Waals surface area contributed by atoms with Gasteiger partial charge in [-0.15, -0.1) is 0 Å². The third-order valence-corrected chi connectivity index (χ3v) is 3.21. The number of anilines is 1. The van der Waals surface area contributed by atoms with Crippen LogP contribution in [0.25, 0.3) is 11.2 Å². The van der Waals surface area contributed by atoms with Crippen LogP contribution >= 0.6 is 0 Å². The molecule has 20 heavy (non-hydrogen) atoms. The van der Waals surface area contributed by atoms with E-state index in [1.54, 1.807) is 6.33 Å². The van der Waals surface area contributed by atoms with Crippen LogP contribution in [0.3, 0.4) is 0 Å². The third kappa shape index (κ3) is 2.33. The van der Waals surface area contributed by atoms with E-state index in [0.717, 1.165) is 23.4 Å².